The molecule has 31 heavy (non-hydrogen) atoms. The minimum Gasteiger partial charge on any atom is -0.467 e. The maximum absolute atomic E-state index is 13.5. The predicted octanol–water partition coefficient (Wildman–Crippen LogP) is 2.87. The van der Waals surface area contributed by atoms with Gasteiger partial charge in [0, 0.05) is 22.7 Å². The molecule has 3 aromatic heterocycles. The van der Waals surface area contributed by atoms with Crippen LogP contribution in [0.3, 0.4) is 0 Å². The Kier molecular flexibility index (Phi) is 4.71. The summed E-state index contributed by atoms with van der Waals surface area (Å²) < 4.78 is 12.9. The number of hydrogen-bond acceptors (Lipinski definition) is 6. The normalized spacial score (nSPS) is 16.5. The smallest absolute Gasteiger partial charge is 0.338 e. The van der Waals surface area contributed by atoms with Gasteiger partial charge in [-0.2, -0.15) is 0 Å². The van der Waals surface area contributed by atoms with Gasteiger partial charge >= 0.3 is 5.97 Å². The van der Waals surface area contributed by atoms with Crippen LogP contribution >= 0.6 is 11.3 Å². The first-order valence-electron chi connectivity index (χ1n) is 9.87. The maximum atomic E-state index is 13.5. The molecule has 1 N–H and O–H groups in total. The van der Waals surface area contributed by atoms with Crippen molar-refractivity contribution in [3.8, 4) is 0 Å². The van der Waals surface area contributed by atoms with Gasteiger partial charge in [0.1, 0.15) is 11.8 Å². The molecule has 0 saturated carbocycles. The van der Waals surface area contributed by atoms with Crippen LogP contribution in [0.25, 0.3) is 17.0 Å². The van der Waals surface area contributed by atoms with Gasteiger partial charge in [-0.15, -0.1) is 0 Å². The van der Waals surface area contributed by atoms with Crippen LogP contribution < -0.4 is 14.9 Å². The third-order valence-electron chi connectivity index (χ3n) is 5.24. The highest BCUT2D eigenvalue weighted by Gasteiger charge is 2.35. The van der Waals surface area contributed by atoms with Crippen LogP contribution in [-0.2, 0) is 9.53 Å². The van der Waals surface area contributed by atoms with Gasteiger partial charge in [-0.25, -0.2) is 9.79 Å². The lowest BCUT2D eigenvalue weighted by atomic mass is 10.0. The van der Waals surface area contributed by atoms with Crippen molar-refractivity contribution in [2.45, 2.75) is 19.9 Å². The number of fused-ring (bicyclic) bond motifs is 2. The van der Waals surface area contributed by atoms with Crippen molar-refractivity contribution in [1.82, 2.24) is 9.55 Å². The van der Waals surface area contributed by atoms with Crippen LogP contribution in [0.4, 0.5) is 0 Å². The Morgan fingerprint density at radius 3 is 2.94 bits per heavy atom. The number of hydrogen-bond donors (Lipinski definition) is 1. The van der Waals surface area contributed by atoms with Crippen molar-refractivity contribution in [3.63, 3.8) is 0 Å². The monoisotopic (exact) mass is 433 g/mol. The Labute approximate surface area is 180 Å². The summed E-state index contributed by atoms with van der Waals surface area (Å²) in [6, 6.07) is 10.7. The lowest BCUT2D eigenvalue weighted by Gasteiger charge is -2.22. The van der Waals surface area contributed by atoms with Gasteiger partial charge in [0.15, 0.2) is 4.80 Å². The minimum absolute atomic E-state index is 0.228. The molecule has 1 aliphatic heterocycles. The lowest BCUT2D eigenvalue weighted by molar-refractivity contribution is -0.139. The number of nitrogens with zero attached hydrogens (tertiary/aromatic N) is 2. The molecule has 0 saturated heterocycles. The molecule has 0 fully saturated rings. The molecule has 4 aromatic rings. The molecule has 156 valence electrons. The Bertz CT molecular complexity index is 1500. The number of thiazole rings is 1. The third-order valence-corrected chi connectivity index (χ3v) is 6.22. The molecule has 0 aliphatic carbocycles. The third kappa shape index (κ3) is 3.16. The van der Waals surface area contributed by atoms with Crippen molar-refractivity contribution in [2.24, 2.45) is 4.99 Å². The van der Waals surface area contributed by atoms with Gasteiger partial charge in [-0.3, -0.25) is 9.36 Å². The Morgan fingerprint density at radius 1 is 1.32 bits per heavy atom. The Balaban J connectivity index is 1.73. The molecule has 0 spiro atoms. The van der Waals surface area contributed by atoms with E-state index in [1.165, 1.54) is 22.2 Å². The number of para-hydroxylation sites is 1. The van der Waals surface area contributed by atoms with Crippen LogP contribution in [0, 0.1) is 0 Å². The number of carbonyl (C=O) groups is 1. The highest BCUT2D eigenvalue weighted by molar-refractivity contribution is 7.07. The summed E-state index contributed by atoms with van der Waals surface area (Å²) in [7, 11) is 0. The molecule has 1 aliphatic rings. The first-order chi connectivity index (χ1) is 15.1. The molecular weight excluding hydrogens is 414 g/mol. The summed E-state index contributed by atoms with van der Waals surface area (Å²) in [6.45, 7) is 3.72. The van der Waals surface area contributed by atoms with E-state index < -0.39 is 12.0 Å². The molecular formula is C23H19N3O4S. The number of aromatic nitrogens is 2. The number of carbonyl (C=O) groups excluding carboxylic acids is 1. The van der Waals surface area contributed by atoms with Crippen molar-refractivity contribution < 1.29 is 13.9 Å². The fraction of sp³-hybridized carbons (Fsp3) is 0.174. The second-order valence-corrected chi connectivity index (χ2v) is 8.12. The molecule has 4 heterocycles. The predicted molar refractivity (Wildman–Crippen MR) is 117 cm³/mol. The topological polar surface area (TPSA) is 89.6 Å². The molecule has 8 heteroatoms. The summed E-state index contributed by atoms with van der Waals surface area (Å²) in [5.41, 5.74) is 2.50. The number of furan rings is 1. The van der Waals surface area contributed by atoms with E-state index in [9.17, 15) is 9.59 Å². The zero-order valence-corrected chi connectivity index (χ0v) is 17.7. The average molecular weight is 433 g/mol. The highest BCUT2D eigenvalue weighted by atomic mass is 32.1. The standard InChI is InChI=1S/C23H19N3O4S/c1-3-29-22(28)19-13(2)25-23-26(20(19)17-9-6-10-30-17)21(27)18(31-23)11-14-12-24-16-8-5-4-7-15(14)16/h4-12,20,24H,3H2,1-2H3. The van der Waals surface area contributed by atoms with Gasteiger partial charge in [0.05, 0.1) is 28.7 Å². The maximum Gasteiger partial charge on any atom is 0.338 e. The number of H-pyrrole nitrogens is 1. The summed E-state index contributed by atoms with van der Waals surface area (Å²) in [5, 5.41) is 1.03. The summed E-state index contributed by atoms with van der Waals surface area (Å²) in [6.07, 6.45) is 5.25. The number of aromatic amines is 1. The van der Waals surface area contributed by atoms with Crippen molar-refractivity contribution in [3.05, 3.63) is 91.1 Å². The van der Waals surface area contributed by atoms with Crippen molar-refractivity contribution in [1.29, 1.82) is 0 Å². The highest BCUT2D eigenvalue weighted by Crippen LogP contribution is 2.30. The number of benzene rings is 1. The van der Waals surface area contributed by atoms with Gasteiger partial charge in [-0.1, -0.05) is 29.5 Å². The molecule has 1 unspecified atom stereocenters. The van der Waals surface area contributed by atoms with E-state index in [4.69, 9.17) is 9.15 Å². The van der Waals surface area contributed by atoms with E-state index in [2.05, 4.69) is 9.98 Å². The molecule has 0 amide bonds. The van der Waals surface area contributed by atoms with Crippen molar-refractivity contribution >= 4 is 34.3 Å². The van der Waals surface area contributed by atoms with Crippen molar-refractivity contribution in [2.75, 3.05) is 6.61 Å². The fourth-order valence-electron chi connectivity index (χ4n) is 3.86. The summed E-state index contributed by atoms with van der Waals surface area (Å²) in [5.74, 6) is -0.0202. The molecule has 0 radical (unpaired) electrons. The van der Waals surface area contributed by atoms with Crippen LogP contribution in [-0.4, -0.2) is 22.1 Å². The first-order valence-corrected chi connectivity index (χ1v) is 10.7. The van der Waals surface area contributed by atoms with E-state index in [0.717, 1.165) is 16.5 Å². The number of esters is 1. The van der Waals surface area contributed by atoms with E-state index >= 15 is 0 Å². The molecule has 1 aromatic carbocycles. The second-order valence-electron chi connectivity index (χ2n) is 7.11. The largest absolute Gasteiger partial charge is 0.467 e. The summed E-state index contributed by atoms with van der Waals surface area (Å²) >= 11 is 1.29. The summed E-state index contributed by atoms with van der Waals surface area (Å²) in [4.78, 5) is 34.5. The molecule has 5 rings (SSSR count). The van der Waals surface area contributed by atoms with Crippen LogP contribution in [0.5, 0.6) is 0 Å². The van der Waals surface area contributed by atoms with E-state index in [1.54, 1.807) is 26.0 Å². The average Bonchev–Trinajstić information content (AvgIpc) is 3.48. The minimum atomic E-state index is -0.726. The quantitative estimate of drug-likeness (QED) is 0.501. The molecule has 7 nitrogen and oxygen atoms in total. The number of nitrogens with one attached hydrogen (secondary N) is 1. The van der Waals surface area contributed by atoms with E-state index in [1.807, 2.05) is 36.5 Å². The SMILES string of the molecule is CCOC(=O)C1=C(C)N=c2sc(=Cc3c[nH]c4ccccc34)c(=O)n2C1c1ccco1. The second kappa shape index (κ2) is 7.55. The lowest BCUT2D eigenvalue weighted by Crippen LogP contribution is -2.39. The molecule has 1 atom stereocenters. The molecule has 0 bridgehead atoms. The van der Waals surface area contributed by atoms with E-state index in [0.29, 0.717) is 26.4 Å². The number of rotatable bonds is 4. The van der Waals surface area contributed by atoms with Gasteiger partial charge in [-0.05, 0) is 38.1 Å². The Morgan fingerprint density at radius 2 is 2.16 bits per heavy atom. The van der Waals surface area contributed by atoms with Crippen LogP contribution in [0.15, 0.2) is 74.3 Å². The van der Waals surface area contributed by atoms with Gasteiger partial charge in [0.25, 0.3) is 5.56 Å². The zero-order chi connectivity index (χ0) is 21.5. The van der Waals surface area contributed by atoms with Gasteiger partial charge in [0.2, 0.25) is 0 Å². The van der Waals surface area contributed by atoms with Gasteiger partial charge < -0.3 is 14.1 Å². The zero-order valence-electron chi connectivity index (χ0n) is 16.9. The van der Waals surface area contributed by atoms with E-state index in [-0.39, 0.29) is 12.2 Å². The number of ether oxygens (including phenoxy) is 1. The van der Waals surface area contributed by atoms with Crippen LogP contribution in [0.2, 0.25) is 0 Å². The Hall–Kier alpha value is -3.65. The number of allylic oxidation sites excluding steroid dienone is 1. The first kappa shape index (κ1) is 19.3. The fourth-order valence-corrected chi connectivity index (χ4v) is 4.90. The van der Waals surface area contributed by atoms with Crippen LogP contribution in [0.1, 0.15) is 31.2 Å².